The molecule has 2 aromatic carbocycles. The Morgan fingerprint density at radius 2 is 1.95 bits per heavy atom. The van der Waals surface area contributed by atoms with Crippen LogP contribution >= 0.6 is 11.6 Å². The lowest BCUT2D eigenvalue weighted by Gasteiger charge is -2.18. The van der Waals surface area contributed by atoms with E-state index < -0.39 is 4.92 Å². The molecule has 1 amide bonds. The second-order valence-corrected chi connectivity index (χ2v) is 5.07. The molecular weight excluding hydrogens is 306 g/mol. The van der Waals surface area contributed by atoms with Crippen LogP contribution < -0.4 is 10.2 Å². The molecule has 0 aliphatic rings. The SMILES string of the molecule is CN(CC(=O)Nc1ccc([N+](=O)[O-])cc1Cl)c1ccccc1. The molecule has 0 saturated carbocycles. The first-order chi connectivity index (χ1) is 10.5. The number of nitro groups is 1. The molecule has 0 atom stereocenters. The zero-order chi connectivity index (χ0) is 16.1. The Morgan fingerprint density at radius 3 is 2.55 bits per heavy atom. The Hall–Kier alpha value is -2.60. The third-order valence-electron chi connectivity index (χ3n) is 3.02. The molecule has 0 unspecified atom stereocenters. The van der Waals surface area contributed by atoms with Gasteiger partial charge in [-0.15, -0.1) is 0 Å². The minimum Gasteiger partial charge on any atom is -0.365 e. The Labute approximate surface area is 132 Å². The fraction of sp³-hybridized carbons (Fsp3) is 0.133. The van der Waals surface area contributed by atoms with E-state index in [1.165, 1.54) is 18.2 Å². The number of nitrogens with one attached hydrogen (secondary N) is 1. The lowest BCUT2D eigenvalue weighted by atomic mass is 10.2. The molecule has 0 heterocycles. The molecule has 1 N–H and O–H groups in total. The van der Waals surface area contributed by atoms with E-state index in [4.69, 9.17) is 11.6 Å². The van der Waals surface area contributed by atoms with Crippen molar-refractivity contribution in [2.45, 2.75) is 0 Å². The minimum atomic E-state index is -0.541. The van der Waals surface area contributed by atoms with Crippen molar-refractivity contribution in [3.05, 3.63) is 63.7 Å². The molecule has 114 valence electrons. The summed E-state index contributed by atoms with van der Waals surface area (Å²) in [4.78, 5) is 23.9. The van der Waals surface area contributed by atoms with Crippen LogP contribution in [0.3, 0.4) is 0 Å². The van der Waals surface area contributed by atoms with Crippen molar-refractivity contribution in [1.82, 2.24) is 0 Å². The molecule has 0 radical (unpaired) electrons. The Kier molecular flexibility index (Phi) is 4.95. The van der Waals surface area contributed by atoms with Crippen molar-refractivity contribution >= 4 is 34.6 Å². The second-order valence-electron chi connectivity index (χ2n) is 4.66. The van der Waals surface area contributed by atoms with E-state index in [1.807, 2.05) is 30.3 Å². The highest BCUT2D eigenvalue weighted by atomic mass is 35.5. The van der Waals surface area contributed by atoms with Crippen LogP contribution in [0.4, 0.5) is 17.1 Å². The van der Waals surface area contributed by atoms with Crippen LogP contribution in [0.25, 0.3) is 0 Å². The van der Waals surface area contributed by atoms with E-state index in [-0.39, 0.29) is 23.2 Å². The summed E-state index contributed by atoms with van der Waals surface area (Å²) in [6, 6.07) is 13.4. The van der Waals surface area contributed by atoms with Crippen LogP contribution in [0, 0.1) is 10.1 Å². The molecule has 22 heavy (non-hydrogen) atoms. The number of para-hydroxylation sites is 1. The maximum atomic E-state index is 12.0. The van der Waals surface area contributed by atoms with E-state index in [0.717, 1.165) is 5.69 Å². The summed E-state index contributed by atoms with van der Waals surface area (Å²) in [6.45, 7) is 0.136. The summed E-state index contributed by atoms with van der Waals surface area (Å²) < 4.78 is 0. The monoisotopic (exact) mass is 319 g/mol. The molecule has 0 spiro atoms. The number of amides is 1. The smallest absolute Gasteiger partial charge is 0.271 e. The molecule has 0 aliphatic heterocycles. The van der Waals surface area contributed by atoms with E-state index in [0.29, 0.717) is 5.69 Å². The van der Waals surface area contributed by atoms with Crippen LogP contribution in [-0.2, 0) is 4.79 Å². The first-order valence-electron chi connectivity index (χ1n) is 6.47. The number of anilines is 2. The zero-order valence-electron chi connectivity index (χ0n) is 11.8. The predicted octanol–water partition coefficient (Wildman–Crippen LogP) is 3.32. The van der Waals surface area contributed by atoms with Gasteiger partial charge in [0.25, 0.3) is 5.69 Å². The molecule has 0 aliphatic carbocycles. The van der Waals surface area contributed by atoms with Gasteiger partial charge >= 0.3 is 0 Å². The first-order valence-corrected chi connectivity index (χ1v) is 6.85. The number of likely N-dealkylation sites (N-methyl/N-ethyl adjacent to an activating group) is 1. The summed E-state index contributed by atoms with van der Waals surface area (Å²) in [5.41, 5.74) is 1.13. The van der Waals surface area contributed by atoms with E-state index in [1.54, 1.807) is 11.9 Å². The van der Waals surface area contributed by atoms with Gasteiger partial charge in [-0.1, -0.05) is 29.8 Å². The van der Waals surface area contributed by atoms with Gasteiger partial charge in [0.1, 0.15) is 0 Å². The molecular formula is C15H14ClN3O3. The van der Waals surface area contributed by atoms with Crippen molar-refractivity contribution in [3.8, 4) is 0 Å². The number of carbonyl (C=O) groups excluding carboxylic acids is 1. The van der Waals surface area contributed by atoms with Gasteiger partial charge in [0, 0.05) is 24.9 Å². The van der Waals surface area contributed by atoms with Gasteiger partial charge in [-0.3, -0.25) is 14.9 Å². The van der Waals surface area contributed by atoms with Crippen molar-refractivity contribution in [2.24, 2.45) is 0 Å². The summed E-state index contributed by atoms with van der Waals surface area (Å²) in [7, 11) is 1.80. The number of hydrogen-bond donors (Lipinski definition) is 1. The van der Waals surface area contributed by atoms with Crippen LogP contribution in [0.2, 0.25) is 5.02 Å². The van der Waals surface area contributed by atoms with Gasteiger partial charge in [0.05, 0.1) is 22.2 Å². The Bertz CT molecular complexity index is 692. The highest BCUT2D eigenvalue weighted by molar-refractivity contribution is 6.34. The number of rotatable bonds is 5. The summed E-state index contributed by atoms with van der Waals surface area (Å²) >= 11 is 5.94. The number of benzene rings is 2. The zero-order valence-corrected chi connectivity index (χ0v) is 12.6. The summed E-state index contributed by atoms with van der Waals surface area (Å²) in [5, 5.41) is 13.4. The number of non-ortho nitro benzene ring substituents is 1. The largest absolute Gasteiger partial charge is 0.365 e. The molecule has 0 fully saturated rings. The van der Waals surface area contributed by atoms with Crippen molar-refractivity contribution < 1.29 is 9.72 Å². The molecule has 7 heteroatoms. The molecule has 6 nitrogen and oxygen atoms in total. The third-order valence-corrected chi connectivity index (χ3v) is 3.33. The van der Waals surface area contributed by atoms with Gasteiger partial charge in [-0.25, -0.2) is 0 Å². The Morgan fingerprint density at radius 1 is 1.27 bits per heavy atom. The van der Waals surface area contributed by atoms with Crippen molar-refractivity contribution in [2.75, 3.05) is 23.8 Å². The lowest BCUT2D eigenvalue weighted by Crippen LogP contribution is -2.30. The normalized spacial score (nSPS) is 10.1. The topological polar surface area (TPSA) is 75.5 Å². The molecule has 2 aromatic rings. The average Bonchev–Trinajstić information content (AvgIpc) is 2.50. The second kappa shape index (κ2) is 6.91. The standard InChI is InChI=1S/C15H14ClN3O3/c1-18(11-5-3-2-4-6-11)10-15(20)17-14-8-7-12(19(21)22)9-13(14)16/h2-9H,10H2,1H3,(H,17,20). The lowest BCUT2D eigenvalue weighted by molar-refractivity contribution is -0.384. The van der Waals surface area contributed by atoms with Gasteiger partial charge < -0.3 is 10.2 Å². The number of nitro benzene ring substituents is 1. The van der Waals surface area contributed by atoms with Crippen molar-refractivity contribution in [3.63, 3.8) is 0 Å². The highest BCUT2D eigenvalue weighted by Crippen LogP contribution is 2.26. The van der Waals surface area contributed by atoms with Crippen LogP contribution in [0.15, 0.2) is 48.5 Å². The number of halogens is 1. The summed E-state index contributed by atoms with van der Waals surface area (Å²) in [5.74, 6) is -0.262. The van der Waals surface area contributed by atoms with E-state index >= 15 is 0 Å². The van der Waals surface area contributed by atoms with Gasteiger partial charge in [-0.05, 0) is 18.2 Å². The van der Waals surface area contributed by atoms with Gasteiger partial charge in [0.15, 0.2) is 0 Å². The average molecular weight is 320 g/mol. The van der Waals surface area contributed by atoms with E-state index in [2.05, 4.69) is 5.32 Å². The third kappa shape index (κ3) is 3.95. The van der Waals surface area contributed by atoms with Crippen molar-refractivity contribution in [1.29, 1.82) is 0 Å². The number of hydrogen-bond acceptors (Lipinski definition) is 4. The van der Waals surface area contributed by atoms with Gasteiger partial charge in [0.2, 0.25) is 5.91 Å². The maximum absolute atomic E-state index is 12.0. The van der Waals surface area contributed by atoms with Crippen LogP contribution in [0.5, 0.6) is 0 Å². The molecule has 0 aromatic heterocycles. The van der Waals surface area contributed by atoms with Crippen LogP contribution in [0.1, 0.15) is 0 Å². The first kappa shape index (κ1) is 15.8. The molecule has 0 saturated heterocycles. The highest BCUT2D eigenvalue weighted by Gasteiger charge is 2.13. The maximum Gasteiger partial charge on any atom is 0.271 e. The summed E-state index contributed by atoms with van der Waals surface area (Å²) in [6.07, 6.45) is 0. The van der Waals surface area contributed by atoms with Crippen LogP contribution in [-0.4, -0.2) is 24.4 Å². The number of carbonyl (C=O) groups is 1. The molecule has 2 rings (SSSR count). The minimum absolute atomic E-state index is 0.121. The quantitative estimate of drug-likeness (QED) is 0.677. The fourth-order valence-electron chi connectivity index (χ4n) is 1.90. The predicted molar refractivity (Wildman–Crippen MR) is 86.4 cm³/mol. The molecule has 0 bridgehead atoms. The van der Waals surface area contributed by atoms with E-state index in [9.17, 15) is 14.9 Å². The van der Waals surface area contributed by atoms with Gasteiger partial charge in [-0.2, -0.15) is 0 Å². The number of nitrogens with zero attached hydrogens (tertiary/aromatic N) is 2. The Balaban J connectivity index is 2.02. The fourth-order valence-corrected chi connectivity index (χ4v) is 2.12.